The van der Waals surface area contributed by atoms with E-state index in [9.17, 15) is 4.79 Å². The average Bonchev–Trinajstić information content (AvgIpc) is 2.00. The van der Waals surface area contributed by atoms with Crippen LogP contribution in [-0.2, 0) is 9.47 Å². The highest BCUT2D eigenvalue weighted by Gasteiger charge is 2.15. The van der Waals surface area contributed by atoms with Crippen molar-refractivity contribution in [3.63, 3.8) is 0 Å². The van der Waals surface area contributed by atoms with Crippen LogP contribution < -0.4 is 5.32 Å². The lowest BCUT2D eigenvalue weighted by Crippen LogP contribution is -2.33. The summed E-state index contributed by atoms with van der Waals surface area (Å²) >= 11 is 0. The van der Waals surface area contributed by atoms with Gasteiger partial charge in [0.1, 0.15) is 12.2 Å². The number of amides is 1. The first-order valence-corrected chi connectivity index (χ1v) is 4.43. The molecular weight excluding hydrogens is 184 g/mol. The molecule has 80 valence electrons. The summed E-state index contributed by atoms with van der Waals surface area (Å²) in [4.78, 5) is 11.1. The Morgan fingerprint density at radius 2 is 2.14 bits per heavy atom. The molecule has 5 heteroatoms. The number of alkyl carbamates (subject to hydrolysis) is 1. The van der Waals surface area contributed by atoms with Gasteiger partial charge in [-0.3, -0.25) is 0 Å². The minimum atomic E-state index is -0.479. The van der Waals surface area contributed by atoms with Crippen molar-refractivity contribution < 1.29 is 14.3 Å². The number of hydrogen-bond donors (Lipinski definition) is 1. The fourth-order valence-electron chi connectivity index (χ4n) is 0.695. The summed E-state index contributed by atoms with van der Waals surface area (Å²) in [7, 11) is 0. The molecule has 0 saturated heterocycles. The van der Waals surface area contributed by atoms with E-state index in [-0.39, 0.29) is 0 Å². The summed E-state index contributed by atoms with van der Waals surface area (Å²) in [6.45, 7) is 6.14. The molecule has 0 spiro atoms. The maximum Gasteiger partial charge on any atom is 0.407 e. The van der Waals surface area contributed by atoms with Gasteiger partial charge in [0.15, 0.2) is 0 Å². The van der Waals surface area contributed by atoms with Gasteiger partial charge in [-0.1, -0.05) is 0 Å². The molecule has 0 radical (unpaired) electrons. The monoisotopic (exact) mass is 200 g/mol. The first-order valence-electron chi connectivity index (χ1n) is 4.43. The topological polar surface area (TPSA) is 71.3 Å². The predicted octanol–water partition coefficient (Wildman–Crippen LogP) is 1.40. The zero-order chi connectivity index (χ0) is 11.0. The highest BCUT2D eigenvalue weighted by molar-refractivity contribution is 5.67. The van der Waals surface area contributed by atoms with Crippen LogP contribution in [0, 0.1) is 11.5 Å². The summed E-state index contributed by atoms with van der Waals surface area (Å²) in [6.07, 6.45) is 1.69. The fourth-order valence-corrected chi connectivity index (χ4v) is 0.695. The van der Waals surface area contributed by atoms with Crippen LogP contribution >= 0.6 is 0 Å². The molecule has 5 nitrogen and oxygen atoms in total. The van der Waals surface area contributed by atoms with Crippen molar-refractivity contribution in [1.82, 2.24) is 5.32 Å². The molecule has 0 saturated carbocycles. The number of carbonyl (C=O) groups excluding carboxylic acids is 1. The van der Waals surface area contributed by atoms with Crippen LogP contribution in [0.5, 0.6) is 0 Å². The van der Waals surface area contributed by atoms with Crippen molar-refractivity contribution in [2.75, 3.05) is 13.2 Å². The van der Waals surface area contributed by atoms with Gasteiger partial charge >= 0.3 is 6.09 Å². The molecule has 0 aliphatic heterocycles. The van der Waals surface area contributed by atoms with Crippen LogP contribution in [0.25, 0.3) is 0 Å². The van der Waals surface area contributed by atoms with Crippen LogP contribution in [0.4, 0.5) is 4.79 Å². The maximum atomic E-state index is 11.1. The molecule has 0 fully saturated rings. The van der Waals surface area contributed by atoms with Gasteiger partial charge in [0.2, 0.25) is 0 Å². The standard InChI is InChI=1S/C9H16N2O3/c1-9(2,3)14-8(12)11-5-4-6-13-7-10/h4-6H2,1-3H3,(H,11,12). The van der Waals surface area contributed by atoms with Crippen LogP contribution in [0.2, 0.25) is 0 Å². The van der Waals surface area contributed by atoms with Gasteiger partial charge in [-0.25, -0.2) is 4.79 Å². The summed E-state index contributed by atoms with van der Waals surface area (Å²) < 4.78 is 9.42. The molecule has 0 aliphatic rings. The van der Waals surface area contributed by atoms with E-state index in [2.05, 4.69) is 10.1 Å². The lowest BCUT2D eigenvalue weighted by Gasteiger charge is -2.19. The Hall–Kier alpha value is -1.44. The molecule has 0 unspecified atom stereocenters. The fraction of sp³-hybridized carbons (Fsp3) is 0.778. The van der Waals surface area contributed by atoms with E-state index in [0.717, 1.165) is 0 Å². The van der Waals surface area contributed by atoms with Crippen molar-refractivity contribution in [3.05, 3.63) is 0 Å². The Morgan fingerprint density at radius 1 is 1.50 bits per heavy atom. The first kappa shape index (κ1) is 12.6. The minimum Gasteiger partial charge on any atom is -0.444 e. The number of ether oxygens (including phenoxy) is 2. The van der Waals surface area contributed by atoms with E-state index >= 15 is 0 Å². The van der Waals surface area contributed by atoms with E-state index in [1.165, 1.54) is 0 Å². The predicted molar refractivity (Wildman–Crippen MR) is 50.4 cm³/mol. The SMILES string of the molecule is CC(C)(C)OC(=O)NCCCOC#N. The lowest BCUT2D eigenvalue weighted by molar-refractivity contribution is 0.0525. The Kier molecular flexibility index (Phi) is 5.46. The van der Waals surface area contributed by atoms with Crippen LogP contribution in [0.1, 0.15) is 27.2 Å². The largest absolute Gasteiger partial charge is 0.444 e. The molecule has 0 aromatic carbocycles. The third-order valence-electron chi connectivity index (χ3n) is 1.16. The smallest absolute Gasteiger partial charge is 0.407 e. The van der Waals surface area contributed by atoms with E-state index in [1.54, 1.807) is 27.0 Å². The minimum absolute atomic E-state index is 0.312. The van der Waals surface area contributed by atoms with Crippen molar-refractivity contribution in [2.45, 2.75) is 32.8 Å². The van der Waals surface area contributed by atoms with Crippen molar-refractivity contribution >= 4 is 6.09 Å². The third-order valence-corrected chi connectivity index (χ3v) is 1.16. The number of nitrogens with zero attached hydrogens (tertiary/aromatic N) is 1. The second-order valence-corrected chi connectivity index (χ2v) is 3.72. The lowest BCUT2D eigenvalue weighted by atomic mass is 10.2. The van der Waals surface area contributed by atoms with Crippen LogP contribution in [-0.4, -0.2) is 24.8 Å². The molecule has 1 amide bonds. The molecule has 0 aromatic heterocycles. The zero-order valence-corrected chi connectivity index (χ0v) is 8.79. The summed E-state index contributed by atoms with van der Waals surface area (Å²) in [5, 5.41) is 10.6. The van der Waals surface area contributed by atoms with Gasteiger partial charge in [0.05, 0.1) is 0 Å². The van der Waals surface area contributed by atoms with Gasteiger partial charge in [0, 0.05) is 13.0 Å². The highest BCUT2D eigenvalue weighted by atomic mass is 16.6. The van der Waals surface area contributed by atoms with Crippen LogP contribution in [0.3, 0.4) is 0 Å². The number of carbonyl (C=O) groups is 1. The van der Waals surface area contributed by atoms with Crippen molar-refractivity contribution in [1.29, 1.82) is 5.26 Å². The second-order valence-electron chi connectivity index (χ2n) is 3.72. The second kappa shape index (κ2) is 6.08. The Labute approximate surface area is 84.0 Å². The zero-order valence-electron chi connectivity index (χ0n) is 8.79. The molecule has 0 atom stereocenters. The van der Waals surface area contributed by atoms with E-state index in [1.807, 2.05) is 0 Å². The third kappa shape index (κ3) is 8.65. The summed E-state index contributed by atoms with van der Waals surface area (Å²) in [6, 6.07) is 0. The Bertz CT molecular complexity index is 215. The molecule has 0 aromatic rings. The van der Waals surface area contributed by atoms with E-state index in [4.69, 9.17) is 10.00 Å². The number of nitriles is 1. The molecule has 1 N–H and O–H groups in total. The van der Waals surface area contributed by atoms with Crippen molar-refractivity contribution in [2.24, 2.45) is 0 Å². The molecule has 0 aliphatic carbocycles. The normalized spacial score (nSPS) is 10.1. The number of rotatable bonds is 4. The number of nitrogens with one attached hydrogen (secondary N) is 1. The molecule has 14 heavy (non-hydrogen) atoms. The molecule has 0 heterocycles. The Balaban J connectivity index is 3.42. The molecule has 0 rings (SSSR count). The van der Waals surface area contributed by atoms with Crippen LogP contribution in [0.15, 0.2) is 0 Å². The number of hydrogen-bond acceptors (Lipinski definition) is 4. The molecular formula is C9H16N2O3. The summed E-state index contributed by atoms with van der Waals surface area (Å²) in [5.74, 6) is 0. The van der Waals surface area contributed by atoms with Gasteiger partial charge in [-0.05, 0) is 20.8 Å². The van der Waals surface area contributed by atoms with E-state index < -0.39 is 11.7 Å². The first-order chi connectivity index (χ1) is 6.45. The Morgan fingerprint density at radius 3 is 2.64 bits per heavy atom. The van der Waals surface area contributed by atoms with Gasteiger partial charge in [-0.15, -0.1) is 0 Å². The average molecular weight is 200 g/mol. The quantitative estimate of drug-likeness (QED) is 0.550. The summed E-state index contributed by atoms with van der Waals surface area (Å²) in [5.41, 5.74) is -0.479. The molecule has 0 bridgehead atoms. The van der Waals surface area contributed by atoms with Gasteiger partial charge in [-0.2, -0.15) is 5.26 Å². The maximum absolute atomic E-state index is 11.1. The van der Waals surface area contributed by atoms with Gasteiger partial charge in [0.25, 0.3) is 6.26 Å². The highest BCUT2D eigenvalue weighted by Crippen LogP contribution is 2.06. The van der Waals surface area contributed by atoms with Gasteiger partial charge < -0.3 is 14.8 Å². The van der Waals surface area contributed by atoms with E-state index in [0.29, 0.717) is 19.6 Å². The van der Waals surface area contributed by atoms with Crippen molar-refractivity contribution in [3.8, 4) is 6.26 Å².